The van der Waals surface area contributed by atoms with Crippen LogP contribution in [0, 0.1) is 5.82 Å². The van der Waals surface area contributed by atoms with Gasteiger partial charge in [0, 0.05) is 13.0 Å². The van der Waals surface area contributed by atoms with E-state index in [4.69, 9.17) is 0 Å². The average molecular weight is 373 g/mol. The molecule has 28 heavy (non-hydrogen) atoms. The fourth-order valence-electron chi connectivity index (χ4n) is 4.05. The molecule has 2 unspecified atom stereocenters. The number of amides is 1. The lowest BCUT2D eigenvalue weighted by molar-refractivity contribution is -0.136. The molecule has 0 bridgehead atoms. The molecular formula is C25H24FNO. The zero-order valence-corrected chi connectivity index (χ0v) is 16.0. The second kappa shape index (κ2) is 7.97. The van der Waals surface area contributed by atoms with Crippen LogP contribution in [0.2, 0.25) is 0 Å². The summed E-state index contributed by atoms with van der Waals surface area (Å²) >= 11 is 0. The molecule has 4 rings (SSSR count). The van der Waals surface area contributed by atoms with Gasteiger partial charge in [-0.2, -0.15) is 0 Å². The van der Waals surface area contributed by atoms with Gasteiger partial charge in [0.25, 0.3) is 0 Å². The number of likely N-dealkylation sites (tertiary alicyclic amines) is 1. The van der Waals surface area contributed by atoms with Crippen LogP contribution in [0.25, 0.3) is 11.1 Å². The zero-order chi connectivity index (χ0) is 19.5. The molecule has 0 spiro atoms. The van der Waals surface area contributed by atoms with Crippen LogP contribution in [-0.2, 0) is 4.79 Å². The summed E-state index contributed by atoms with van der Waals surface area (Å²) in [5, 5.41) is 0. The zero-order valence-electron chi connectivity index (χ0n) is 16.0. The highest BCUT2D eigenvalue weighted by Crippen LogP contribution is 2.33. The Morgan fingerprint density at radius 3 is 2.11 bits per heavy atom. The largest absolute Gasteiger partial charge is 0.336 e. The summed E-state index contributed by atoms with van der Waals surface area (Å²) in [4.78, 5) is 14.8. The van der Waals surface area contributed by atoms with Gasteiger partial charge in [-0.05, 0) is 53.6 Å². The molecule has 1 saturated heterocycles. The van der Waals surface area contributed by atoms with E-state index < -0.39 is 0 Å². The highest BCUT2D eigenvalue weighted by atomic mass is 19.1. The third kappa shape index (κ3) is 3.84. The van der Waals surface area contributed by atoms with Gasteiger partial charge in [0.2, 0.25) is 5.91 Å². The second-order valence-electron chi connectivity index (χ2n) is 7.49. The van der Waals surface area contributed by atoms with Crippen molar-refractivity contribution in [3.05, 3.63) is 95.8 Å². The van der Waals surface area contributed by atoms with Gasteiger partial charge in [0.1, 0.15) is 5.82 Å². The monoisotopic (exact) mass is 373 g/mol. The van der Waals surface area contributed by atoms with E-state index in [0.717, 1.165) is 29.7 Å². The summed E-state index contributed by atoms with van der Waals surface area (Å²) in [5.41, 5.74) is 4.41. The number of carbonyl (C=O) groups is 1. The smallest absolute Gasteiger partial charge is 0.223 e. The first-order valence-corrected chi connectivity index (χ1v) is 9.82. The lowest BCUT2D eigenvalue weighted by Gasteiger charge is -2.36. The average Bonchev–Trinajstić information content (AvgIpc) is 2.74. The maximum atomic E-state index is 13.1. The topological polar surface area (TPSA) is 20.3 Å². The van der Waals surface area contributed by atoms with Gasteiger partial charge in [-0.1, -0.05) is 66.7 Å². The Kier molecular flexibility index (Phi) is 5.25. The summed E-state index contributed by atoms with van der Waals surface area (Å²) in [7, 11) is 0. The minimum absolute atomic E-state index is 0.0477. The number of rotatable bonds is 4. The van der Waals surface area contributed by atoms with Crippen molar-refractivity contribution in [2.75, 3.05) is 6.54 Å². The van der Waals surface area contributed by atoms with Crippen molar-refractivity contribution in [2.45, 2.75) is 31.7 Å². The number of hydrogen-bond donors (Lipinski definition) is 0. The van der Waals surface area contributed by atoms with Gasteiger partial charge in [0.15, 0.2) is 0 Å². The Labute approximate surface area is 165 Å². The van der Waals surface area contributed by atoms with Crippen LogP contribution in [0.3, 0.4) is 0 Å². The fraction of sp³-hybridized carbons (Fsp3) is 0.240. The minimum Gasteiger partial charge on any atom is -0.336 e. The van der Waals surface area contributed by atoms with E-state index in [0.29, 0.717) is 12.3 Å². The van der Waals surface area contributed by atoms with Crippen LogP contribution in [0.15, 0.2) is 78.9 Å². The molecule has 1 amide bonds. The van der Waals surface area contributed by atoms with Crippen molar-refractivity contribution in [1.82, 2.24) is 4.90 Å². The molecule has 3 aromatic rings. The third-order valence-corrected chi connectivity index (χ3v) is 5.77. The van der Waals surface area contributed by atoms with E-state index in [9.17, 15) is 9.18 Å². The number of halogens is 1. The molecule has 3 heteroatoms. The first-order chi connectivity index (χ1) is 13.6. The van der Waals surface area contributed by atoms with Gasteiger partial charge >= 0.3 is 0 Å². The van der Waals surface area contributed by atoms with Crippen LogP contribution < -0.4 is 0 Å². The standard InChI is InChI=1S/C25H24FNO/c1-18(19-7-9-21(10-8-19)22-11-13-24(26)14-12-22)27-16-15-23(17-25(27)28)20-5-3-2-4-6-20/h2-14,18,23H,15-17H2,1H3. The molecule has 1 heterocycles. The van der Waals surface area contributed by atoms with Crippen molar-refractivity contribution in [3.63, 3.8) is 0 Å². The highest BCUT2D eigenvalue weighted by Gasteiger charge is 2.30. The van der Waals surface area contributed by atoms with Crippen molar-refractivity contribution >= 4 is 5.91 Å². The van der Waals surface area contributed by atoms with Crippen LogP contribution in [-0.4, -0.2) is 17.4 Å². The Bertz CT molecular complexity index is 935. The quantitative estimate of drug-likeness (QED) is 0.552. The summed E-state index contributed by atoms with van der Waals surface area (Å²) in [6.45, 7) is 2.87. The van der Waals surface area contributed by atoms with E-state index in [1.807, 2.05) is 35.2 Å². The predicted octanol–water partition coefficient (Wildman–Crippen LogP) is 5.96. The third-order valence-electron chi connectivity index (χ3n) is 5.77. The molecule has 142 valence electrons. The van der Waals surface area contributed by atoms with Gasteiger partial charge in [-0.15, -0.1) is 0 Å². The van der Waals surface area contributed by atoms with Crippen LogP contribution in [0.1, 0.15) is 42.9 Å². The molecule has 0 radical (unpaired) electrons. The summed E-state index contributed by atoms with van der Waals surface area (Å²) in [6, 6.07) is 25.1. The maximum absolute atomic E-state index is 13.1. The molecule has 0 N–H and O–H groups in total. The predicted molar refractivity (Wildman–Crippen MR) is 110 cm³/mol. The van der Waals surface area contributed by atoms with Crippen molar-refractivity contribution in [1.29, 1.82) is 0 Å². The molecule has 3 aromatic carbocycles. The van der Waals surface area contributed by atoms with Gasteiger partial charge < -0.3 is 4.90 Å². The number of nitrogens with zero attached hydrogens (tertiary/aromatic N) is 1. The normalized spacial score (nSPS) is 18.1. The summed E-state index contributed by atoms with van der Waals surface area (Å²) < 4.78 is 13.1. The summed E-state index contributed by atoms with van der Waals surface area (Å²) in [6.07, 6.45) is 1.57. The highest BCUT2D eigenvalue weighted by molar-refractivity contribution is 5.78. The number of benzene rings is 3. The van der Waals surface area contributed by atoms with Gasteiger partial charge in [-0.3, -0.25) is 4.79 Å². The summed E-state index contributed by atoms with van der Waals surface area (Å²) in [5.74, 6) is 0.305. The Morgan fingerprint density at radius 1 is 0.893 bits per heavy atom. The fourth-order valence-corrected chi connectivity index (χ4v) is 4.05. The van der Waals surface area contributed by atoms with Gasteiger partial charge in [0.05, 0.1) is 6.04 Å². The van der Waals surface area contributed by atoms with Crippen LogP contribution in [0.4, 0.5) is 4.39 Å². The van der Waals surface area contributed by atoms with Crippen molar-refractivity contribution in [2.24, 2.45) is 0 Å². The molecule has 0 aliphatic carbocycles. The van der Waals surface area contributed by atoms with Gasteiger partial charge in [-0.25, -0.2) is 4.39 Å². The Hall–Kier alpha value is -2.94. The number of piperidine rings is 1. The SMILES string of the molecule is CC(c1ccc(-c2ccc(F)cc2)cc1)N1CCC(c2ccccc2)CC1=O. The maximum Gasteiger partial charge on any atom is 0.223 e. The number of carbonyl (C=O) groups excluding carboxylic acids is 1. The van der Waals surface area contributed by atoms with E-state index in [-0.39, 0.29) is 17.8 Å². The molecule has 0 saturated carbocycles. The van der Waals surface area contributed by atoms with Crippen LogP contribution >= 0.6 is 0 Å². The molecular weight excluding hydrogens is 349 g/mol. The molecule has 0 aromatic heterocycles. The van der Waals surface area contributed by atoms with E-state index in [2.05, 4.69) is 31.2 Å². The minimum atomic E-state index is -0.230. The first kappa shape index (κ1) is 18.4. The molecule has 1 aliphatic heterocycles. The second-order valence-corrected chi connectivity index (χ2v) is 7.49. The lowest BCUT2D eigenvalue weighted by atomic mass is 9.88. The number of hydrogen-bond acceptors (Lipinski definition) is 1. The van der Waals surface area contributed by atoms with Crippen molar-refractivity contribution in [3.8, 4) is 11.1 Å². The van der Waals surface area contributed by atoms with E-state index in [1.165, 1.54) is 17.7 Å². The molecule has 2 atom stereocenters. The molecule has 2 nitrogen and oxygen atoms in total. The molecule has 1 fully saturated rings. The Morgan fingerprint density at radius 2 is 1.50 bits per heavy atom. The molecule has 1 aliphatic rings. The van der Waals surface area contributed by atoms with Crippen LogP contribution in [0.5, 0.6) is 0 Å². The van der Waals surface area contributed by atoms with Crippen molar-refractivity contribution < 1.29 is 9.18 Å². The van der Waals surface area contributed by atoms with E-state index >= 15 is 0 Å². The Balaban J connectivity index is 1.45. The van der Waals surface area contributed by atoms with E-state index in [1.54, 1.807) is 12.1 Å². The lowest BCUT2D eigenvalue weighted by Crippen LogP contribution is -2.39. The first-order valence-electron chi connectivity index (χ1n) is 9.82.